The topological polar surface area (TPSA) is 65.7 Å². The molecule has 0 radical (unpaired) electrons. The van der Waals surface area contributed by atoms with Crippen molar-refractivity contribution < 1.29 is 18.7 Å². The number of benzene rings is 1. The molecule has 25 heavy (non-hydrogen) atoms. The summed E-state index contributed by atoms with van der Waals surface area (Å²) in [4.78, 5) is 24.0. The molecule has 0 fully saturated rings. The highest BCUT2D eigenvalue weighted by atomic mass is 16.6. The SMILES string of the molecule is CCCCOC(=O)COc1ccc2c3c(c(=O)oc2c1C)CCCC3. The van der Waals surface area contributed by atoms with Crippen LogP contribution in [0.3, 0.4) is 0 Å². The first-order chi connectivity index (χ1) is 12.1. The normalized spacial score (nSPS) is 13.5. The molecule has 2 aromatic rings. The van der Waals surface area contributed by atoms with Gasteiger partial charge in [-0.05, 0) is 56.7 Å². The average molecular weight is 344 g/mol. The van der Waals surface area contributed by atoms with Crippen LogP contribution in [0.4, 0.5) is 0 Å². The van der Waals surface area contributed by atoms with E-state index in [-0.39, 0.29) is 18.2 Å². The second kappa shape index (κ2) is 7.72. The van der Waals surface area contributed by atoms with E-state index in [0.29, 0.717) is 17.9 Å². The Bertz CT molecular complexity index is 834. The van der Waals surface area contributed by atoms with Gasteiger partial charge in [0.2, 0.25) is 0 Å². The van der Waals surface area contributed by atoms with E-state index in [9.17, 15) is 9.59 Å². The highest BCUT2D eigenvalue weighted by Crippen LogP contribution is 2.32. The molecular weight excluding hydrogens is 320 g/mol. The zero-order valence-corrected chi connectivity index (χ0v) is 14.9. The molecule has 0 N–H and O–H groups in total. The van der Waals surface area contributed by atoms with Gasteiger partial charge in [0.1, 0.15) is 11.3 Å². The van der Waals surface area contributed by atoms with Crippen molar-refractivity contribution in [1.82, 2.24) is 0 Å². The predicted molar refractivity (Wildman–Crippen MR) is 95.2 cm³/mol. The van der Waals surface area contributed by atoms with Gasteiger partial charge in [-0.3, -0.25) is 0 Å². The van der Waals surface area contributed by atoms with Crippen LogP contribution in [0.25, 0.3) is 11.0 Å². The first kappa shape index (κ1) is 17.5. The number of hydrogen-bond donors (Lipinski definition) is 0. The highest BCUT2D eigenvalue weighted by Gasteiger charge is 2.20. The van der Waals surface area contributed by atoms with E-state index < -0.39 is 0 Å². The molecule has 0 saturated heterocycles. The number of unbranched alkanes of at least 4 members (excludes halogenated alkanes) is 1. The van der Waals surface area contributed by atoms with Gasteiger partial charge in [0.25, 0.3) is 0 Å². The van der Waals surface area contributed by atoms with Gasteiger partial charge in [-0.25, -0.2) is 9.59 Å². The lowest BCUT2D eigenvalue weighted by molar-refractivity contribution is -0.146. The van der Waals surface area contributed by atoms with E-state index in [2.05, 4.69) is 0 Å². The van der Waals surface area contributed by atoms with Gasteiger partial charge >= 0.3 is 11.6 Å². The number of esters is 1. The van der Waals surface area contributed by atoms with Gasteiger partial charge < -0.3 is 13.9 Å². The first-order valence-corrected chi connectivity index (χ1v) is 8.98. The molecule has 0 amide bonds. The van der Waals surface area contributed by atoms with Gasteiger partial charge in [-0.2, -0.15) is 0 Å². The molecule has 1 aromatic heterocycles. The fraction of sp³-hybridized carbons (Fsp3) is 0.500. The Morgan fingerprint density at radius 2 is 1.96 bits per heavy atom. The van der Waals surface area contributed by atoms with Crippen molar-refractivity contribution in [3.05, 3.63) is 39.2 Å². The van der Waals surface area contributed by atoms with Gasteiger partial charge in [-0.1, -0.05) is 13.3 Å². The first-order valence-electron chi connectivity index (χ1n) is 8.98. The third kappa shape index (κ3) is 3.70. The van der Waals surface area contributed by atoms with Crippen LogP contribution in [0.5, 0.6) is 5.75 Å². The zero-order valence-electron chi connectivity index (χ0n) is 14.9. The van der Waals surface area contributed by atoms with E-state index in [0.717, 1.165) is 60.6 Å². The van der Waals surface area contributed by atoms with Crippen LogP contribution in [0.1, 0.15) is 49.3 Å². The lowest BCUT2D eigenvalue weighted by atomic mass is 9.90. The van der Waals surface area contributed by atoms with Crippen molar-refractivity contribution in [1.29, 1.82) is 0 Å². The Labute approximate surface area is 146 Å². The fourth-order valence-corrected chi connectivity index (χ4v) is 3.29. The second-order valence-electron chi connectivity index (χ2n) is 6.48. The molecule has 134 valence electrons. The molecular formula is C20H24O5. The Morgan fingerprint density at radius 3 is 2.72 bits per heavy atom. The van der Waals surface area contributed by atoms with E-state index in [1.54, 1.807) is 0 Å². The second-order valence-corrected chi connectivity index (χ2v) is 6.48. The number of aryl methyl sites for hydroxylation is 2. The number of rotatable bonds is 6. The summed E-state index contributed by atoms with van der Waals surface area (Å²) in [6.45, 7) is 4.15. The molecule has 0 saturated carbocycles. The van der Waals surface area contributed by atoms with Crippen molar-refractivity contribution in [2.24, 2.45) is 0 Å². The van der Waals surface area contributed by atoms with Gasteiger partial charge in [0.15, 0.2) is 6.61 Å². The van der Waals surface area contributed by atoms with Crippen molar-refractivity contribution in [3.63, 3.8) is 0 Å². The summed E-state index contributed by atoms with van der Waals surface area (Å²) in [5.74, 6) is 0.152. The Balaban J connectivity index is 1.83. The van der Waals surface area contributed by atoms with Crippen molar-refractivity contribution >= 4 is 16.9 Å². The maximum atomic E-state index is 12.3. The summed E-state index contributed by atoms with van der Waals surface area (Å²) < 4.78 is 16.2. The van der Waals surface area contributed by atoms with Crippen LogP contribution >= 0.6 is 0 Å². The molecule has 1 aliphatic rings. The number of hydrogen-bond acceptors (Lipinski definition) is 5. The molecule has 0 aliphatic heterocycles. The molecule has 1 heterocycles. The van der Waals surface area contributed by atoms with E-state index in [1.165, 1.54) is 0 Å². The summed E-state index contributed by atoms with van der Waals surface area (Å²) in [5.41, 5.74) is 2.96. The van der Waals surface area contributed by atoms with Crippen LogP contribution < -0.4 is 10.4 Å². The average Bonchev–Trinajstić information content (AvgIpc) is 2.62. The molecule has 0 unspecified atom stereocenters. The van der Waals surface area contributed by atoms with E-state index in [1.807, 2.05) is 26.0 Å². The summed E-state index contributed by atoms with van der Waals surface area (Å²) in [6, 6.07) is 3.76. The summed E-state index contributed by atoms with van der Waals surface area (Å²) in [5, 5.41) is 0.977. The maximum Gasteiger partial charge on any atom is 0.344 e. The monoisotopic (exact) mass is 344 g/mol. The van der Waals surface area contributed by atoms with Gasteiger partial charge in [-0.15, -0.1) is 0 Å². The lowest BCUT2D eigenvalue weighted by Crippen LogP contribution is -2.17. The molecule has 3 rings (SSSR count). The smallest absolute Gasteiger partial charge is 0.344 e. The van der Waals surface area contributed by atoms with Crippen molar-refractivity contribution in [3.8, 4) is 5.75 Å². The van der Waals surface area contributed by atoms with Crippen molar-refractivity contribution in [2.45, 2.75) is 52.4 Å². The molecule has 0 spiro atoms. The molecule has 5 nitrogen and oxygen atoms in total. The van der Waals surface area contributed by atoms with Crippen LogP contribution in [0.15, 0.2) is 21.3 Å². The van der Waals surface area contributed by atoms with Crippen LogP contribution in [-0.2, 0) is 22.4 Å². The Hall–Kier alpha value is -2.30. The van der Waals surface area contributed by atoms with Gasteiger partial charge in [0.05, 0.1) is 6.61 Å². The highest BCUT2D eigenvalue weighted by molar-refractivity contribution is 5.86. The Morgan fingerprint density at radius 1 is 1.20 bits per heavy atom. The molecule has 5 heteroatoms. The fourth-order valence-electron chi connectivity index (χ4n) is 3.29. The molecule has 1 aromatic carbocycles. The van der Waals surface area contributed by atoms with Crippen LogP contribution in [0, 0.1) is 6.92 Å². The minimum atomic E-state index is -0.389. The minimum absolute atomic E-state index is 0.148. The molecule has 0 atom stereocenters. The van der Waals surface area contributed by atoms with Crippen LogP contribution in [0.2, 0.25) is 0 Å². The quantitative estimate of drug-likeness (QED) is 0.454. The summed E-state index contributed by atoms with van der Waals surface area (Å²) in [7, 11) is 0. The number of carbonyl (C=O) groups is 1. The minimum Gasteiger partial charge on any atom is -0.481 e. The summed E-state index contributed by atoms with van der Waals surface area (Å²) in [6.07, 6.45) is 5.63. The summed E-state index contributed by atoms with van der Waals surface area (Å²) >= 11 is 0. The van der Waals surface area contributed by atoms with Crippen LogP contribution in [-0.4, -0.2) is 19.2 Å². The largest absolute Gasteiger partial charge is 0.481 e. The van der Waals surface area contributed by atoms with E-state index >= 15 is 0 Å². The third-order valence-electron chi connectivity index (χ3n) is 4.70. The molecule has 0 bridgehead atoms. The number of fused-ring (bicyclic) bond motifs is 3. The number of carbonyl (C=O) groups excluding carboxylic acids is 1. The number of ether oxygens (including phenoxy) is 2. The van der Waals surface area contributed by atoms with Crippen molar-refractivity contribution in [2.75, 3.05) is 13.2 Å². The zero-order chi connectivity index (χ0) is 17.8. The standard InChI is InChI=1S/C20H24O5/c1-3-4-11-23-18(21)12-24-17-10-9-15-14-7-5-6-8-16(14)20(22)25-19(15)13(17)2/h9-10H,3-8,11-12H2,1-2H3. The van der Waals surface area contributed by atoms with E-state index in [4.69, 9.17) is 13.9 Å². The maximum absolute atomic E-state index is 12.3. The Kier molecular flexibility index (Phi) is 5.41. The molecule has 1 aliphatic carbocycles. The lowest BCUT2D eigenvalue weighted by Gasteiger charge is -2.17. The predicted octanol–water partition coefficient (Wildman–Crippen LogP) is 3.70. The third-order valence-corrected chi connectivity index (χ3v) is 4.70. The van der Waals surface area contributed by atoms with Gasteiger partial charge in [0, 0.05) is 16.5 Å².